The Balaban J connectivity index is 1.72. The highest BCUT2D eigenvalue weighted by Crippen LogP contribution is 2.47. The number of aromatic nitrogens is 1. The lowest BCUT2D eigenvalue weighted by Crippen LogP contribution is -2.58. The summed E-state index contributed by atoms with van der Waals surface area (Å²) in [5, 5.41) is 2.83. The Labute approximate surface area is 194 Å². The van der Waals surface area contributed by atoms with Gasteiger partial charge < -0.3 is 10.1 Å². The standard InChI is InChI=1S/C23H16BrN3O4S/c1-10(28)17-18-12-5-3-4-6-15(12)31-23(17,2)26-22-27(18)21(30)19(32-22)16-13-9-11(24)7-8-14(13)25-20(16)29/h3-9,17-18H,1-2H3,(H,25,29)/b19-16+/t17-,18-,23+/m1/s1. The van der Waals surface area contributed by atoms with E-state index in [0.717, 1.165) is 21.4 Å². The van der Waals surface area contributed by atoms with E-state index in [0.29, 0.717) is 31.9 Å². The summed E-state index contributed by atoms with van der Waals surface area (Å²) in [6.07, 6.45) is 0. The van der Waals surface area contributed by atoms with Crippen LogP contribution in [0.2, 0.25) is 0 Å². The van der Waals surface area contributed by atoms with Gasteiger partial charge in [0.1, 0.15) is 22.0 Å². The minimum atomic E-state index is -1.14. The van der Waals surface area contributed by atoms with E-state index in [4.69, 9.17) is 9.73 Å². The summed E-state index contributed by atoms with van der Waals surface area (Å²) in [4.78, 5) is 44.5. The van der Waals surface area contributed by atoms with Crippen molar-refractivity contribution in [3.8, 4) is 5.75 Å². The Morgan fingerprint density at radius 2 is 2.03 bits per heavy atom. The molecular formula is C23H16BrN3O4S. The molecule has 0 spiro atoms. The molecule has 0 saturated heterocycles. The van der Waals surface area contributed by atoms with Gasteiger partial charge >= 0.3 is 0 Å². The molecule has 0 aliphatic carbocycles. The summed E-state index contributed by atoms with van der Waals surface area (Å²) < 4.78 is 8.87. The first kappa shape index (κ1) is 19.6. The lowest BCUT2D eigenvalue weighted by molar-refractivity contribution is -0.132. The molecule has 2 bridgehead atoms. The molecule has 0 saturated carbocycles. The van der Waals surface area contributed by atoms with Crippen LogP contribution in [0.15, 0.2) is 56.7 Å². The summed E-state index contributed by atoms with van der Waals surface area (Å²) >= 11 is 4.60. The van der Waals surface area contributed by atoms with E-state index in [1.54, 1.807) is 17.6 Å². The van der Waals surface area contributed by atoms with Crippen LogP contribution in [0.5, 0.6) is 5.75 Å². The van der Waals surface area contributed by atoms with Gasteiger partial charge in [-0.2, -0.15) is 0 Å². The zero-order chi connectivity index (χ0) is 22.4. The van der Waals surface area contributed by atoms with E-state index < -0.39 is 17.7 Å². The van der Waals surface area contributed by atoms with Crippen LogP contribution in [0.25, 0.3) is 5.57 Å². The third kappa shape index (κ3) is 2.52. The SMILES string of the molecule is CC(=O)[C@@H]1[C@H]2c3ccccc3O[C@]1(C)N=c1s/c(=C3/C(=O)Nc4ccc(Br)cc43)c(=O)n12. The maximum absolute atomic E-state index is 13.8. The smallest absolute Gasteiger partial charge is 0.271 e. The number of nitrogens with one attached hydrogen (secondary N) is 1. The molecule has 160 valence electrons. The van der Waals surface area contributed by atoms with E-state index in [1.807, 2.05) is 36.4 Å². The van der Waals surface area contributed by atoms with Gasteiger partial charge in [-0.1, -0.05) is 45.5 Å². The number of anilines is 1. The van der Waals surface area contributed by atoms with Crippen LogP contribution in [-0.2, 0) is 9.59 Å². The van der Waals surface area contributed by atoms with Crippen molar-refractivity contribution >= 4 is 50.2 Å². The van der Waals surface area contributed by atoms with Gasteiger partial charge in [0, 0.05) is 21.3 Å². The molecule has 3 aliphatic rings. The number of halogens is 1. The van der Waals surface area contributed by atoms with E-state index in [1.165, 1.54) is 6.92 Å². The van der Waals surface area contributed by atoms with Gasteiger partial charge in [-0.05, 0) is 38.1 Å². The number of ether oxygens (including phenoxy) is 1. The number of carbonyl (C=O) groups excluding carboxylic acids is 2. The van der Waals surface area contributed by atoms with Gasteiger partial charge in [-0.25, -0.2) is 4.99 Å². The van der Waals surface area contributed by atoms with E-state index >= 15 is 0 Å². The number of para-hydroxylation sites is 1. The summed E-state index contributed by atoms with van der Waals surface area (Å²) in [6, 6.07) is 12.3. The Bertz CT molecular complexity index is 1560. The van der Waals surface area contributed by atoms with E-state index in [2.05, 4.69) is 21.2 Å². The number of ketones is 1. The quantitative estimate of drug-likeness (QED) is 0.545. The third-order valence-corrected chi connectivity index (χ3v) is 7.79. The number of thiazole rings is 1. The van der Waals surface area contributed by atoms with Gasteiger partial charge in [-0.15, -0.1) is 0 Å². The van der Waals surface area contributed by atoms with Crippen molar-refractivity contribution in [2.75, 3.05) is 5.32 Å². The van der Waals surface area contributed by atoms with Gasteiger partial charge in [0.05, 0.1) is 11.6 Å². The van der Waals surface area contributed by atoms with Crippen LogP contribution in [0.3, 0.4) is 0 Å². The minimum Gasteiger partial charge on any atom is -0.465 e. The fraction of sp³-hybridized carbons (Fsp3) is 0.217. The first-order chi connectivity index (χ1) is 15.3. The lowest BCUT2D eigenvalue weighted by atomic mass is 9.79. The van der Waals surface area contributed by atoms with Crippen LogP contribution in [0.1, 0.15) is 31.0 Å². The second kappa shape index (κ2) is 6.49. The second-order valence-corrected chi connectivity index (χ2v) is 10.1. The summed E-state index contributed by atoms with van der Waals surface area (Å²) in [7, 11) is 0. The van der Waals surface area contributed by atoms with Crippen molar-refractivity contribution in [2.45, 2.75) is 25.6 Å². The van der Waals surface area contributed by atoms with Gasteiger partial charge in [-0.3, -0.25) is 19.0 Å². The summed E-state index contributed by atoms with van der Waals surface area (Å²) in [5.41, 5.74) is 0.930. The molecule has 3 atom stereocenters. The molecule has 6 rings (SSSR count). The molecule has 3 aromatic rings. The normalized spacial score (nSPS) is 26.3. The highest BCUT2D eigenvalue weighted by molar-refractivity contribution is 9.10. The zero-order valence-corrected chi connectivity index (χ0v) is 19.4. The lowest BCUT2D eigenvalue weighted by Gasteiger charge is -2.45. The number of nitrogens with zero attached hydrogens (tertiary/aromatic N) is 2. The van der Waals surface area contributed by atoms with Crippen LogP contribution in [-0.4, -0.2) is 22.0 Å². The van der Waals surface area contributed by atoms with Crippen molar-refractivity contribution in [2.24, 2.45) is 10.9 Å². The largest absolute Gasteiger partial charge is 0.465 e. The molecule has 7 nitrogen and oxygen atoms in total. The van der Waals surface area contributed by atoms with Crippen LogP contribution < -0.4 is 24.9 Å². The van der Waals surface area contributed by atoms with E-state index in [9.17, 15) is 14.4 Å². The van der Waals surface area contributed by atoms with Gasteiger partial charge in [0.15, 0.2) is 4.80 Å². The molecule has 3 aliphatic heterocycles. The van der Waals surface area contributed by atoms with Crippen molar-refractivity contribution in [1.82, 2.24) is 4.57 Å². The topological polar surface area (TPSA) is 89.8 Å². The fourth-order valence-corrected chi connectivity index (χ4v) is 6.53. The molecule has 1 aromatic heterocycles. The highest BCUT2D eigenvalue weighted by Gasteiger charge is 2.53. The first-order valence-corrected chi connectivity index (χ1v) is 11.6. The maximum Gasteiger partial charge on any atom is 0.271 e. The molecule has 0 unspecified atom stereocenters. The van der Waals surface area contributed by atoms with Gasteiger partial charge in [0.25, 0.3) is 11.5 Å². The Morgan fingerprint density at radius 3 is 2.81 bits per heavy atom. The number of hydrogen-bond donors (Lipinski definition) is 1. The molecule has 1 amide bonds. The Hall–Kier alpha value is -3.04. The molecule has 32 heavy (non-hydrogen) atoms. The number of Topliss-reactive ketones (excluding diaryl/α,β-unsaturated/α-hetero) is 1. The number of carbonyl (C=O) groups is 2. The van der Waals surface area contributed by atoms with Crippen LogP contribution in [0.4, 0.5) is 5.69 Å². The molecule has 4 heterocycles. The molecule has 0 fully saturated rings. The minimum absolute atomic E-state index is 0.110. The zero-order valence-electron chi connectivity index (χ0n) is 17.0. The first-order valence-electron chi connectivity index (χ1n) is 10.0. The predicted octanol–water partition coefficient (Wildman–Crippen LogP) is 2.36. The maximum atomic E-state index is 13.8. The summed E-state index contributed by atoms with van der Waals surface area (Å²) in [6.45, 7) is 3.27. The Morgan fingerprint density at radius 1 is 1.25 bits per heavy atom. The van der Waals surface area contributed by atoms with Crippen molar-refractivity contribution < 1.29 is 14.3 Å². The van der Waals surface area contributed by atoms with E-state index in [-0.39, 0.29) is 17.2 Å². The van der Waals surface area contributed by atoms with Crippen molar-refractivity contribution in [3.63, 3.8) is 0 Å². The number of hydrogen-bond acceptors (Lipinski definition) is 6. The van der Waals surface area contributed by atoms with Crippen molar-refractivity contribution in [3.05, 3.63) is 77.8 Å². The molecule has 1 N–H and O–H groups in total. The molecule has 2 aromatic carbocycles. The highest BCUT2D eigenvalue weighted by atomic mass is 79.9. The second-order valence-electron chi connectivity index (χ2n) is 8.25. The van der Waals surface area contributed by atoms with Crippen molar-refractivity contribution in [1.29, 1.82) is 0 Å². The molecular weight excluding hydrogens is 494 g/mol. The number of rotatable bonds is 1. The summed E-state index contributed by atoms with van der Waals surface area (Å²) in [5.74, 6) is -0.495. The predicted molar refractivity (Wildman–Crippen MR) is 122 cm³/mol. The third-order valence-electron chi connectivity index (χ3n) is 6.25. The average molecular weight is 510 g/mol. The van der Waals surface area contributed by atoms with Crippen LogP contribution in [0, 0.1) is 5.92 Å². The Kier molecular flexibility index (Phi) is 3.98. The average Bonchev–Trinajstić information content (AvgIpc) is 3.21. The monoisotopic (exact) mass is 509 g/mol. The number of benzene rings is 2. The molecule has 0 radical (unpaired) electrons. The number of fused-ring (bicyclic) bond motifs is 7. The van der Waals surface area contributed by atoms with Crippen LogP contribution >= 0.6 is 27.3 Å². The van der Waals surface area contributed by atoms with Gasteiger partial charge in [0.2, 0.25) is 5.72 Å². The fourth-order valence-electron chi connectivity index (χ4n) is 4.97. The number of amides is 1. The molecule has 9 heteroatoms.